The van der Waals surface area contributed by atoms with Crippen LogP contribution in [0.2, 0.25) is 0 Å². The normalized spacial score (nSPS) is 10.5. The van der Waals surface area contributed by atoms with E-state index in [0.717, 1.165) is 21.6 Å². The first-order valence-electron chi connectivity index (χ1n) is 6.38. The summed E-state index contributed by atoms with van der Waals surface area (Å²) in [6.07, 6.45) is 0. The van der Waals surface area contributed by atoms with Crippen LogP contribution >= 0.6 is 12.6 Å². The van der Waals surface area contributed by atoms with Crippen molar-refractivity contribution in [3.8, 4) is 22.3 Å². The molecule has 0 fully saturated rings. The van der Waals surface area contributed by atoms with Gasteiger partial charge in [-0.15, -0.1) is 12.6 Å². The second kappa shape index (κ2) is 5.51. The van der Waals surface area contributed by atoms with Crippen LogP contribution in [0.1, 0.15) is 0 Å². The second-order valence-electron chi connectivity index (χ2n) is 4.61. The zero-order valence-electron chi connectivity index (χ0n) is 10.8. The fourth-order valence-electron chi connectivity index (χ4n) is 2.20. The van der Waals surface area contributed by atoms with Gasteiger partial charge in [0.15, 0.2) is 0 Å². The van der Waals surface area contributed by atoms with Gasteiger partial charge in [-0.25, -0.2) is 4.39 Å². The predicted molar refractivity (Wildman–Crippen MR) is 84.5 cm³/mol. The van der Waals surface area contributed by atoms with E-state index in [1.807, 2.05) is 66.7 Å². The first-order chi connectivity index (χ1) is 9.74. The number of halogens is 1. The summed E-state index contributed by atoms with van der Waals surface area (Å²) in [5, 5.41) is 0. The first kappa shape index (κ1) is 12.9. The molecule has 0 radical (unpaired) electrons. The SMILES string of the molecule is Fc1cc(-c2ccccc2)ccc1-c1ccc(S)cc1. The zero-order valence-corrected chi connectivity index (χ0v) is 11.6. The van der Waals surface area contributed by atoms with Gasteiger partial charge in [0.2, 0.25) is 0 Å². The number of benzene rings is 3. The standard InChI is InChI=1S/C18H13FS/c19-18-12-15(13-4-2-1-3-5-13)8-11-17(18)14-6-9-16(20)10-7-14/h1-12,20H. The average molecular weight is 280 g/mol. The van der Waals surface area contributed by atoms with Gasteiger partial charge >= 0.3 is 0 Å². The van der Waals surface area contributed by atoms with Crippen LogP contribution in [0.4, 0.5) is 4.39 Å². The van der Waals surface area contributed by atoms with E-state index in [1.165, 1.54) is 0 Å². The van der Waals surface area contributed by atoms with E-state index in [4.69, 9.17) is 0 Å². The number of thiol groups is 1. The molecule has 0 N–H and O–H groups in total. The van der Waals surface area contributed by atoms with E-state index >= 15 is 0 Å². The van der Waals surface area contributed by atoms with Crippen molar-refractivity contribution in [1.29, 1.82) is 0 Å². The molecule has 0 nitrogen and oxygen atoms in total. The fraction of sp³-hybridized carbons (Fsp3) is 0. The molecule has 0 saturated carbocycles. The molecule has 0 heterocycles. The summed E-state index contributed by atoms with van der Waals surface area (Å²) in [6.45, 7) is 0. The minimum absolute atomic E-state index is 0.210. The molecule has 98 valence electrons. The molecule has 0 atom stereocenters. The lowest BCUT2D eigenvalue weighted by atomic mass is 10.00. The fourth-order valence-corrected chi connectivity index (χ4v) is 2.35. The molecule has 3 aromatic carbocycles. The monoisotopic (exact) mass is 280 g/mol. The summed E-state index contributed by atoms with van der Waals surface area (Å²) in [4.78, 5) is 0.870. The summed E-state index contributed by atoms with van der Waals surface area (Å²) >= 11 is 4.24. The molecule has 0 unspecified atom stereocenters. The van der Waals surface area contributed by atoms with Crippen molar-refractivity contribution in [1.82, 2.24) is 0 Å². The van der Waals surface area contributed by atoms with Gasteiger partial charge in [-0.3, -0.25) is 0 Å². The Morgan fingerprint density at radius 2 is 1.30 bits per heavy atom. The van der Waals surface area contributed by atoms with Crippen molar-refractivity contribution in [3.05, 3.63) is 78.6 Å². The third-order valence-electron chi connectivity index (χ3n) is 3.25. The minimum atomic E-state index is -0.210. The van der Waals surface area contributed by atoms with Crippen LogP contribution in [0, 0.1) is 5.82 Å². The molecule has 0 aliphatic rings. The van der Waals surface area contributed by atoms with Gasteiger partial charge in [0.25, 0.3) is 0 Å². The van der Waals surface area contributed by atoms with E-state index in [9.17, 15) is 4.39 Å². The molecule has 2 heteroatoms. The molecule has 0 saturated heterocycles. The third-order valence-corrected chi connectivity index (χ3v) is 3.55. The Kier molecular flexibility index (Phi) is 3.57. The average Bonchev–Trinajstić information content (AvgIpc) is 2.49. The Bertz CT molecular complexity index is 718. The minimum Gasteiger partial charge on any atom is -0.206 e. The highest BCUT2D eigenvalue weighted by atomic mass is 32.1. The predicted octanol–water partition coefficient (Wildman–Crippen LogP) is 5.45. The van der Waals surface area contributed by atoms with E-state index in [0.29, 0.717) is 5.56 Å². The van der Waals surface area contributed by atoms with Gasteiger partial charge in [0.1, 0.15) is 5.82 Å². The Morgan fingerprint density at radius 1 is 0.650 bits per heavy atom. The van der Waals surface area contributed by atoms with Crippen molar-refractivity contribution in [3.63, 3.8) is 0 Å². The highest BCUT2D eigenvalue weighted by Gasteiger charge is 2.07. The van der Waals surface area contributed by atoms with Crippen molar-refractivity contribution in [2.75, 3.05) is 0 Å². The highest BCUT2D eigenvalue weighted by molar-refractivity contribution is 7.80. The molecule has 0 aromatic heterocycles. The smallest absolute Gasteiger partial charge is 0.131 e. The quantitative estimate of drug-likeness (QED) is 0.593. The largest absolute Gasteiger partial charge is 0.206 e. The van der Waals surface area contributed by atoms with Crippen molar-refractivity contribution >= 4 is 12.6 Å². The van der Waals surface area contributed by atoms with Crippen molar-refractivity contribution < 1.29 is 4.39 Å². The van der Waals surface area contributed by atoms with Crippen molar-refractivity contribution in [2.24, 2.45) is 0 Å². The second-order valence-corrected chi connectivity index (χ2v) is 5.12. The van der Waals surface area contributed by atoms with Gasteiger partial charge in [0.05, 0.1) is 0 Å². The summed E-state index contributed by atoms with van der Waals surface area (Å²) in [6, 6.07) is 22.6. The van der Waals surface area contributed by atoms with Crippen LogP contribution in [-0.4, -0.2) is 0 Å². The van der Waals surface area contributed by atoms with Gasteiger partial charge in [-0.05, 0) is 34.9 Å². The molecular weight excluding hydrogens is 267 g/mol. The summed E-state index contributed by atoms with van der Waals surface area (Å²) < 4.78 is 14.3. The lowest BCUT2D eigenvalue weighted by molar-refractivity contribution is 0.632. The van der Waals surface area contributed by atoms with Gasteiger partial charge in [-0.2, -0.15) is 0 Å². The molecule has 0 amide bonds. The van der Waals surface area contributed by atoms with Crippen LogP contribution in [0.25, 0.3) is 22.3 Å². The maximum atomic E-state index is 14.3. The number of hydrogen-bond acceptors (Lipinski definition) is 1. The van der Waals surface area contributed by atoms with Crippen LogP contribution in [0.5, 0.6) is 0 Å². The van der Waals surface area contributed by atoms with Crippen LogP contribution < -0.4 is 0 Å². The van der Waals surface area contributed by atoms with E-state index in [-0.39, 0.29) is 5.82 Å². The van der Waals surface area contributed by atoms with Crippen LogP contribution in [-0.2, 0) is 0 Å². The molecular formula is C18H13FS. The topological polar surface area (TPSA) is 0 Å². The third kappa shape index (κ3) is 2.61. The van der Waals surface area contributed by atoms with Crippen LogP contribution in [0.15, 0.2) is 77.7 Å². The van der Waals surface area contributed by atoms with Crippen LogP contribution in [0.3, 0.4) is 0 Å². The van der Waals surface area contributed by atoms with Gasteiger partial charge < -0.3 is 0 Å². The van der Waals surface area contributed by atoms with E-state index in [2.05, 4.69) is 12.6 Å². The van der Waals surface area contributed by atoms with E-state index in [1.54, 1.807) is 6.07 Å². The Morgan fingerprint density at radius 3 is 1.95 bits per heavy atom. The maximum absolute atomic E-state index is 14.3. The molecule has 0 aliphatic heterocycles. The zero-order chi connectivity index (χ0) is 13.9. The van der Waals surface area contributed by atoms with Gasteiger partial charge in [-0.1, -0.05) is 54.6 Å². The molecule has 0 spiro atoms. The summed E-state index contributed by atoms with van der Waals surface area (Å²) in [5.41, 5.74) is 3.37. The van der Waals surface area contributed by atoms with Crippen molar-refractivity contribution in [2.45, 2.75) is 4.90 Å². The Labute approximate surface area is 123 Å². The summed E-state index contributed by atoms with van der Waals surface area (Å²) in [5.74, 6) is -0.210. The Hall–Kier alpha value is -2.06. The molecule has 3 rings (SSSR count). The number of rotatable bonds is 2. The Balaban J connectivity index is 2.02. The highest BCUT2D eigenvalue weighted by Crippen LogP contribution is 2.28. The molecule has 20 heavy (non-hydrogen) atoms. The molecule has 0 aliphatic carbocycles. The van der Waals surface area contributed by atoms with E-state index < -0.39 is 0 Å². The maximum Gasteiger partial charge on any atom is 0.131 e. The number of hydrogen-bond donors (Lipinski definition) is 1. The molecule has 0 bridgehead atoms. The first-order valence-corrected chi connectivity index (χ1v) is 6.83. The lowest BCUT2D eigenvalue weighted by Gasteiger charge is -2.07. The lowest BCUT2D eigenvalue weighted by Crippen LogP contribution is -1.86. The summed E-state index contributed by atoms with van der Waals surface area (Å²) in [7, 11) is 0. The molecule has 3 aromatic rings. The van der Waals surface area contributed by atoms with Gasteiger partial charge in [0, 0.05) is 10.5 Å².